The van der Waals surface area contributed by atoms with Crippen LogP contribution in [0.5, 0.6) is 5.75 Å². The van der Waals surface area contributed by atoms with E-state index in [1.54, 1.807) is 30.3 Å². The molecule has 1 saturated heterocycles. The zero-order chi connectivity index (χ0) is 19.2. The van der Waals surface area contributed by atoms with Gasteiger partial charge in [0.15, 0.2) is 0 Å². The molecule has 1 fully saturated rings. The summed E-state index contributed by atoms with van der Waals surface area (Å²) in [5.74, 6) is -0.663. The van der Waals surface area contributed by atoms with E-state index in [4.69, 9.17) is 0 Å². The first-order chi connectivity index (χ1) is 13.0. The molecule has 0 spiro atoms. The minimum Gasteiger partial charge on any atom is -0.433 e. The Balaban J connectivity index is 1.52. The first kappa shape index (κ1) is 19.0. The standard InChI is InChI=1S/C19H20F3N3O2/c20-14-5-1-3-7-16(14)25-11-9-24(10-12-25)13-18(26)23-15-6-2-4-8-17(15)27-19(21)22/h1-8,19H,9-13H2,(H,23,26). The predicted octanol–water partition coefficient (Wildman–Crippen LogP) is 3.19. The highest BCUT2D eigenvalue weighted by atomic mass is 19.3. The second kappa shape index (κ2) is 8.77. The number of carbonyl (C=O) groups is 1. The summed E-state index contributed by atoms with van der Waals surface area (Å²) in [6.45, 7) is -0.463. The van der Waals surface area contributed by atoms with Crippen LogP contribution in [0.15, 0.2) is 48.5 Å². The SMILES string of the molecule is O=C(CN1CCN(c2ccccc2F)CC1)Nc1ccccc1OC(F)F. The Bertz CT molecular complexity index is 780. The second-order valence-electron chi connectivity index (χ2n) is 6.14. The fraction of sp³-hybridized carbons (Fsp3) is 0.316. The number of rotatable bonds is 6. The van der Waals surface area contributed by atoms with Crippen molar-refractivity contribution in [2.24, 2.45) is 0 Å². The number of hydrogen-bond acceptors (Lipinski definition) is 4. The smallest absolute Gasteiger partial charge is 0.387 e. The van der Waals surface area contributed by atoms with Gasteiger partial charge in [-0.2, -0.15) is 8.78 Å². The Morgan fingerprint density at radius 3 is 2.41 bits per heavy atom. The van der Waals surface area contributed by atoms with Crippen molar-refractivity contribution < 1.29 is 22.7 Å². The summed E-state index contributed by atoms with van der Waals surface area (Å²) in [6.07, 6.45) is 0. The van der Waals surface area contributed by atoms with E-state index in [1.165, 1.54) is 18.2 Å². The van der Waals surface area contributed by atoms with Crippen molar-refractivity contribution >= 4 is 17.3 Å². The minimum absolute atomic E-state index is 0.0785. The van der Waals surface area contributed by atoms with Gasteiger partial charge in [-0.3, -0.25) is 9.69 Å². The van der Waals surface area contributed by atoms with E-state index < -0.39 is 6.61 Å². The van der Waals surface area contributed by atoms with E-state index >= 15 is 0 Å². The lowest BCUT2D eigenvalue weighted by molar-refractivity contribution is -0.117. The molecule has 1 aliphatic heterocycles. The maximum absolute atomic E-state index is 13.9. The maximum atomic E-state index is 13.9. The number of piperazine rings is 1. The largest absolute Gasteiger partial charge is 0.433 e. The highest BCUT2D eigenvalue weighted by Crippen LogP contribution is 2.25. The minimum atomic E-state index is -2.96. The van der Waals surface area contributed by atoms with Gasteiger partial charge in [0.1, 0.15) is 11.6 Å². The molecular formula is C19H20F3N3O2. The molecule has 1 aliphatic rings. The molecule has 5 nitrogen and oxygen atoms in total. The Hall–Kier alpha value is -2.74. The lowest BCUT2D eigenvalue weighted by atomic mass is 10.2. The van der Waals surface area contributed by atoms with Gasteiger partial charge < -0.3 is 15.0 Å². The first-order valence-corrected chi connectivity index (χ1v) is 8.58. The fourth-order valence-electron chi connectivity index (χ4n) is 3.02. The third-order valence-electron chi connectivity index (χ3n) is 4.31. The molecule has 3 rings (SSSR count). The second-order valence-corrected chi connectivity index (χ2v) is 6.14. The zero-order valence-electron chi connectivity index (χ0n) is 14.6. The molecule has 2 aromatic carbocycles. The van der Waals surface area contributed by atoms with Gasteiger partial charge in [0.25, 0.3) is 0 Å². The van der Waals surface area contributed by atoms with Crippen molar-refractivity contribution in [1.82, 2.24) is 4.90 Å². The number of para-hydroxylation sites is 3. The van der Waals surface area contributed by atoms with E-state index in [-0.39, 0.29) is 29.7 Å². The first-order valence-electron chi connectivity index (χ1n) is 8.58. The van der Waals surface area contributed by atoms with E-state index in [9.17, 15) is 18.0 Å². The van der Waals surface area contributed by atoms with Gasteiger partial charge in [0.05, 0.1) is 17.9 Å². The normalized spacial score (nSPS) is 15.0. The number of anilines is 2. The van der Waals surface area contributed by atoms with Crippen LogP contribution < -0.4 is 15.0 Å². The van der Waals surface area contributed by atoms with Crippen molar-refractivity contribution in [3.8, 4) is 5.75 Å². The maximum Gasteiger partial charge on any atom is 0.387 e. The van der Waals surface area contributed by atoms with Crippen LogP contribution in [-0.2, 0) is 4.79 Å². The van der Waals surface area contributed by atoms with Crippen LogP contribution in [0.25, 0.3) is 0 Å². The van der Waals surface area contributed by atoms with Crippen molar-refractivity contribution in [3.05, 3.63) is 54.3 Å². The number of nitrogens with zero attached hydrogens (tertiary/aromatic N) is 2. The van der Waals surface area contributed by atoms with Gasteiger partial charge in [0.2, 0.25) is 5.91 Å². The number of halogens is 3. The zero-order valence-corrected chi connectivity index (χ0v) is 14.6. The van der Waals surface area contributed by atoms with Gasteiger partial charge in [-0.1, -0.05) is 24.3 Å². The van der Waals surface area contributed by atoms with Crippen LogP contribution in [0.1, 0.15) is 0 Å². The van der Waals surface area contributed by atoms with Gasteiger partial charge in [-0.05, 0) is 24.3 Å². The average molecular weight is 379 g/mol. The van der Waals surface area contributed by atoms with Crippen LogP contribution in [-0.4, -0.2) is 50.1 Å². The Morgan fingerprint density at radius 1 is 1.04 bits per heavy atom. The van der Waals surface area contributed by atoms with Crippen molar-refractivity contribution in [2.45, 2.75) is 6.61 Å². The summed E-state index contributed by atoms with van der Waals surface area (Å²) in [5.41, 5.74) is 0.757. The summed E-state index contributed by atoms with van der Waals surface area (Å²) in [5, 5.41) is 2.60. The molecule has 0 atom stereocenters. The fourth-order valence-corrected chi connectivity index (χ4v) is 3.02. The van der Waals surface area contributed by atoms with Gasteiger partial charge in [-0.25, -0.2) is 4.39 Å². The molecule has 1 amide bonds. The summed E-state index contributed by atoms with van der Waals surface area (Å²) < 4.78 is 43.2. The summed E-state index contributed by atoms with van der Waals surface area (Å²) in [7, 11) is 0. The lowest BCUT2D eigenvalue weighted by Gasteiger charge is -2.35. The Kier molecular flexibility index (Phi) is 6.18. The van der Waals surface area contributed by atoms with Gasteiger partial charge in [-0.15, -0.1) is 0 Å². The molecule has 0 radical (unpaired) electrons. The number of hydrogen-bond donors (Lipinski definition) is 1. The van der Waals surface area contributed by atoms with E-state index in [0.29, 0.717) is 31.9 Å². The molecule has 1 heterocycles. The number of benzene rings is 2. The Labute approximate surface area is 155 Å². The number of carbonyl (C=O) groups excluding carboxylic acids is 1. The van der Waals surface area contributed by atoms with E-state index in [1.807, 2.05) is 9.80 Å². The molecule has 1 N–H and O–H groups in total. The quantitative estimate of drug-likeness (QED) is 0.837. The third-order valence-corrected chi connectivity index (χ3v) is 4.31. The molecule has 8 heteroatoms. The van der Waals surface area contributed by atoms with Crippen LogP contribution in [0.3, 0.4) is 0 Å². The monoisotopic (exact) mass is 379 g/mol. The molecule has 2 aromatic rings. The highest BCUT2D eigenvalue weighted by Gasteiger charge is 2.21. The highest BCUT2D eigenvalue weighted by molar-refractivity contribution is 5.93. The molecule has 0 saturated carbocycles. The number of amides is 1. The molecule has 0 unspecified atom stereocenters. The summed E-state index contributed by atoms with van der Waals surface area (Å²) in [6, 6.07) is 12.6. The van der Waals surface area contributed by atoms with Crippen LogP contribution in [0.2, 0.25) is 0 Å². The lowest BCUT2D eigenvalue weighted by Crippen LogP contribution is -2.48. The van der Waals surface area contributed by atoms with Crippen molar-refractivity contribution in [1.29, 1.82) is 0 Å². The molecule has 0 bridgehead atoms. The average Bonchev–Trinajstić information content (AvgIpc) is 2.64. The van der Waals surface area contributed by atoms with Crippen LogP contribution in [0.4, 0.5) is 24.5 Å². The third kappa shape index (κ3) is 5.13. The summed E-state index contributed by atoms with van der Waals surface area (Å²) in [4.78, 5) is 16.1. The van der Waals surface area contributed by atoms with Crippen molar-refractivity contribution in [3.63, 3.8) is 0 Å². The van der Waals surface area contributed by atoms with Gasteiger partial charge in [0, 0.05) is 26.2 Å². The molecule has 0 aromatic heterocycles. The van der Waals surface area contributed by atoms with Crippen LogP contribution in [0, 0.1) is 5.82 Å². The Morgan fingerprint density at radius 2 is 1.70 bits per heavy atom. The summed E-state index contributed by atoms with van der Waals surface area (Å²) >= 11 is 0. The topological polar surface area (TPSA) is 44.8 Å². The van der Waals surface area contributed by atoms with E-state index in [0.717, 1.165) is 0 Å². The van der Waals surface area contributed by atoms with E-state index in [2.05, 4.69) is 10.1 Å². The molecule has 144 valence electrons. The molecular weight excluding hydrogens is 359 g/mol. The number of nitrogens with one attached hydrogen (secondary N) is 1. The van der Waals surface area contributed by atoms with Gasteiger partial charge >= 0.3 is 6.61 Å². The molecule has 27 heavy (non-hydrogen) atoms. The number of ether oxygens (including phenoxy) is 1. The number of alkyl halides is 2. The molecule has 0 aliphatic carbocycles. The van der Waals surface area contributed by atoms with Crippen molar-refractivity contribution in [2.75, 3.05) is 42.9 Å². The van der Waals surface area contributed by atoms with Crippen LogP contribution >= 0.6 is 0 Å². The predicted molar refractivity (Wildman–Crippen MR) is 96.8 cm³/mol.